The normalized spacial score (nSPS) is 12.1. The van der Waals surface area contributed by atoms with Crippen LogP contribution in [0.3, 0.4) is 0 Å². The molecule has 2 rings (SSSR count). The first-order valence-electron chi connectivity index (χ1n) is 8.72. The van der Waals surface area contributed by atoms with Crippen LogP contribution in [0.5, 0.6) is 5.75 Å². The highest BCUT2D eigenvalue weighted by Gasteiger charge is 2.19. The van der Waals surface area contributed by atoms with Crippen molar-refractivity contribution in [3.8, 4) is 5.75 Å². The number of carbonyl (C=O) groups excluding carboxylic acids is 1. The Labute approximate surface area is 164 Å². The van der Waals surface area contributed by atoms with Gasteiger partial charge in [0.1, 0.15) is 5.75 Å². The van der Waals surface area contributed by atoms with Crippen molar-refractivity contribution >= 4 is 29.6 Å². The van der Waals surface area contributed by atoms with E-state index in [0.717, 1.165) is 21.6 Å². The molecular weight excluding hydrogens is 360 g/mol. The minimum Gasteiger partial charge on any atom is -0.479 e. The first-order chi connectivity index (χ1) is 12.8. The minimum atomic E-state index is -0.974. The first kappa shape index (κ1) is 20.8. The number of hydrogen-bond acceptors (Lipinski definition) is 4. The predicted molar refractivity (Wildman–Crippen MR) is 110 cm³/mol. The Morgan fingerprint density at radius 2 is 1.74 bits per heavy atom. The molecule has 0 amide bonds. The summed E-state index contributed by atoms with van der Waals surface area (Å²) >= 11 is 1.63. The lowest BCUT2D eigenvalue weighted by Gasteiger charge is -2.17. The van der Waals surface area contributed by atoms with Gasteiger partial charge in [0.15, 0.2) is 11.9 Å². The van der Waals surface area contributed by atoms with Gasteiger partial charge in [0, 0.05) is 10.5 Å². The molecule has 0 radical (unpaired) electrons. The van der Waals surface area contributed by atoms with Crippen LogP contribution in [0.4, 0.5) is 0 Å². The Hall–Kier alpha value is -2.53. The summed E-state index contributed by atoms with van der Waals surface area (Å²) in [6.45, 7) is 5.52. The van der Waals surface area contributed by atoms with E-state index in [-0.39, 0.29) is 5.78 Å². The van der Waals surface area contributed by atoms with Crippen LogP contribution in [-0.4, -0.2) is 29.2 Å². The van der Waals surface area contributed by atoms with E-state index >= 15 is 0 Å². The predicted octanol–water partition coefficient (Wildman–Crippen LogP) is 5.16. The van der Waals surface area contributed by atoms with Crippen LogP contribution in [0, 0.1) is 13.8 Å². The molecule has 0 aliphatic heterocycles. The summed E-state index contributed by atoms with van der Waals surface area (Å²) in [5, 5.41) is 9.18. The quantitative estimate of drug-likeness (QED) is 0.387. The topological polar surface area (TPSA) is 63.6 Å². The second-order valence-corrected chi connectivity index (χ2v) is 7.14. The van der Waals surface area contributed by atoms with E-state index in [2.05, 4.69) is 0 Å². The fraction of sp³-hybridized carbons (Fsp3) is 0.273. The van der Waals surface area contributed by atoms with Gasteiger partial charge in [0.25, 0.3) is 0 Å². The maximum Gasteiger partial charge on any atom is 0.344 e. The zero-order chi connectivity index (χ0) is 20.0. The number of rotatable bonds is 8. The van der Waals surface area contributed by atoms with Crippen molar-refractivity contribution in [2.24, 2.45) is 0 Å². The van der Waals surface area contributed by atoms with E-state index < -0.39 is 12.1 Å². The van der Waals surface area contributed by atoms with Gasteiger partial charge in [-0.05, 0) is 85.7 Å². The Morgan fingerprint density at radius 3 is 2.22 bits per heavy atom. The van der Waals surface area contributed by atoms with Crippen molar-refractivity contribution in [2.45, 2.75) is 38.2 Å². The number of carbonyl (C=O) groups is 2. The summed E-state index contributed by atoms with van der Waals surface area (Å²) in [4.78, 5) is 24.6. The largest absolute Gasteiger partial charge is 0.479 e. The molecule has 5 heteroatoms. The number of carboxylic acid groups (broad SMARTS) is 1. The summed E-state index contributed by atoms with van der Waals surface area (Å²) in [6.07, 6.45) is 4.83. The lowest BCUT2D eigenvalue weighted by atomic mass is 10.0. The van der Waals surface area contributed by atoms with E-state index in [9.17, 15) is 14.7 Å². The fourth-order valence-electron chi connectivity index (χ4n) is 2.74. The zero-order valence-electron chi connectivity index (χ0n) is 16.0. The average Bonchev–Trinajstić information content (AvgIpc) is 2.65. The summed E-state index contributed by atoms with van der Waals surface area (Å²) in [7, 11) is 0. The van der Waals surface area contributed by atoms with Crippen molar-refractivity contribution in [3.63, 3.8) is 0 Å². The number of hydrogen-bond donors (Lipinski definition) is 1. The van der Waals surface area contributed by atoms with Gasteiger partial charge >= 0.3 is 5.97 Å². The van der Waals surface area contributed by atoms with E-state index in [0.29, 0.717) is 17.7 Å². The molecule has 142 valence electrons. The molecule has 0 aliphatic carbocycles. The maximum absolute atomic E-state index is 12.3. The van der Waals surface area contributed by atoms with Gasteiger partial charge in [-0.25, -0.2) is 4.79 Å². The third-order valence-electron chi connectivity index (χ3n) is 4.19. The van der Waals surface area contributed by atoms with Crippen LogP contribution in [0.25, 0.3) is 6.08 Å². The number of ketones is 1. The lowest BCUT2D eigenvalue weighted by Crippen LogP contribution is -2.26. The van der Waals surface area contributed by atoms with Gasteiger partial charge in [-0.1, -0.05) is 13.0 Å². The van der Waals surface area contributed by atoms with Crippen molar-refractivity contribution in [1.29, 1.82) is 0 Å². The van der Waals surface area contributed by atoms with Crippen molar-refractivity contribution in [2.75, 3.05) is 6.26 Å². The molecule has 0 spiro atoms. The number of allylic oxidation sites excluding steroid dienone is 1. The molecule has 2 aromatic carbocycles. The standard InChI is InChI=1S/C22H24O4S/c1-5-20(22(24)25)26-21-14(2)12-16(13-15(21)3)6-11-19(23)17-7-9-18(27-4)10-8-17/h6-13,20H,5H2,1-4H3,(H,24,25)/b11-6+. The van der Waals surface area contributed by atoms with E-state index in [1.54, 1.807) is 30.8 Å². The molecule has 1 atom stereocenters. The fourth-order valence-corrected chi connectivity index (χ4v) is 3.15. The smallest absolute Gasteiger partial charge is 0.344 e. The first-order valence-corrected chi connectivity index (χ1v) is 9.95. The van der Waals surface area contributed by atoms with Crippen LogP contribution in [-0.2, 0) is 4.79 Å². The third kappa shape index (κ3) is 5.47. The third-order valence-corrected chi connectivity index (χ3v) is 4.93. The molecule has 0 fully saturated rings. The highest BCUT2D eigenvalue weighted by molar-refractivity contribution is 7.98. The molecule has 2 aromatic rings. The van der Waals surface area contributed by atoms with Crippen molar-refractivity contribution < 1.29 is 19.4 Å². The molecule has 27 heavy (non-hydrogen) atoms. The van der Waals surface area contributed by atoms with Crippen LogP contribution in [0.1, 0.15) is 40.4 Å². The number of benzene rings is 2. The minimum absolute atomic E-state index is 0.0600. The summed E-state index contributed by atoms with van der Waals surface area (Å²) in [5.74, 6) is -0.450. The van der Waals surface area contributed by atoms with Gasteiger partial charge in [0.05, 0.1) is 0 Å². The zero-order valence-corrected chi connectivity index (χ0v) is 16.8. The van der Waals surface area contributed by atoms with Crippen LogP contribution in [0.15, 0.2) is 47.4 Å². The highest BCUT2D eigenvalue weighted by Crippen LogP contribution is 2.27. The van der Waals surface area contributed by atoms with E-state index in [1.807, 2.05) is 56.5 Å². The van der Waals surface area contributed by atoms with Gasteiger partial charge in [-0.3, -0.25) is 4.79 Å². The number of thioether (sulfide) groups is 1. The summed E-state index contributed by atoms with van der Waals surface area (Å²) in [6, 6.07) is 11.3. The summed E-state index contributed by atoms with van der Waals surface area (Å²) < 4.78 is 5.67. The van der Waals surface area contributed by atoms with Crippen molar-refractivity contribution in [1.82, 2.24) is 0 Å². The van der Waals surface area contributed by atoms with E-state index in [1.165, 1.54) is 0 Å². The molecule has 0 aromatic heterocycles. The monoisotopic (exact) mass is 384 g/mol. The van der Waals surface area contributed by atoms with Gasteiger partial charge in [0.2, 0.25) is 0 Å². The molecule has 4 nitrogen and oxygen atoms in total. The number of aliphatic carboxylic acids is 1. The molecule has 0 bridgehead atoms. The molecule has 0 aliphatic rings. The molecule has 0 heterocycles. The molecule has 0 saturated carbocycles. The molecular formula is C22H24O4S. The Balaban J connectivity index is 2.18. The van der Waals surface area contributed by atoms with Crippen molar-refractivity contribution in [3.05, 3.63) is 64.7 Å². The SMILES string of the molecule is CCC(Oc1c(C)cc(/C=C/C(=O)c2ccc(SC)cc2)cc1C)C(=O)O. The Kier molecular flexibility index (Phi) is 7.25. The van der Waals surface area contributed by atoms with Crippen LogP contribution >= 0.6 is 11.8 Å². The van der Waals surface area contributed by atoms with Crippen LogP contribution in [0.2, 0.25) is 0 Å². The second kappa shape index (κ2) is 9.42. The Morgan fingerprint density at radius 1 is 1.15 bits per heavy atom. The second-order valence-electron chi connectivity index (χ2n) is 6.26. The average molecular weight is 384 g/mol. The molecule has 1 unspecified atom stereocenters. The van der Waals surface area contributed by atoms with Gasteiger partial charge in [-0.15, -0.1) is 11.8 Å². The number of aryl methyl sites for hydroxylation is 2. The molecule has 1 N–H and O–H groups in total. The van der Waals surface area contributed by atoms with E-state index in [4.69, 9.17) is 4.74 Å². The highest BCUT2D eigenvalue weighted by atomic mass is 32.2. The number of carboxylic acids is 1. The van der Waals surface area contributed by atoms with Gasteiger partial charge in [-0.2, -0.15) is 0 Å². The van der Waals surface area contributed by atoms with Gasteiger partial charge < -0.3 is 9.84 Å². The summed E-state index contributed by atoms with van der Waals surface area (Å²) in [5.41, 5.74) is 3.19. The lowest BCUT2D eigenvalue weighted by molar-refractivity contribution is -0.145. The van der Waals surface area contributed by atoms with Crippen LogP contribution < -0.4 is 4.74 Å². The maximum atomic E-state index is 12.3. The molecule has 0 saturated heterocycles. The number of ether oxygens (including phenoxy) is 1. The Bertz CT molecular complexity index is 830.